The fourth-order valence-corrected chi connectivity index (χ4v) is 1.71. The van der Waals surface area contributed by atoms with Gasteiger partial charge >= 0.3 is 0 Å². The van der Waals surface area contributed by atoms with Gasteiger partial charge in [-0.3, -0.25) is 0 Å². The quantitative estimate of drug-likeness (QED) is 0.836. The molecule has 0 aliphatic rings. The summed E-state index contributed by atoms with van der Waals surface area (Å²) in [4.78, 5) is 0. The van der Waals surface area contributed by atoms with Gasteiger partial charge in [0.2, 0.25) is 0 Å². The summed E-state index contributed by atoms with van der Waals surface area (Å²) in [6.07, 6.45) is 0. The number of rotatable bonds is 5. The minimum absolute atomic E-state index is 0.160. The van der Waals surface area contributed by atoms with Crippen LogP contribution in [0.1, 0.15) is 19.4 Å². The first-order valence-corrected chi connectivity index (χ1v) is 5.80. The summed E-state index contributed by atoms with van der Waals surface area (Å²) in [5.74, 6) is 0.0726. The van der Waals surface area contributed by atoms with Crippen LogP contribution in [0.2, 0.25) is 5.02 Å². The van der Waals surface area contributed by atoms with E-state index in [2.05, 4.69) is 19.2 Å². The number of halogens is 2. The van der Waals surface area contributed by atoms with Gasteiger partial charge in [0.05, 0.1) is 5.02 Å². The van der Waals surface area contributed by atoms with Crippen molar-refractivity contribution in [1.29, 1.82) is 0 Å². The molecular weight excluding hydrogens is 227 g/mol. The summed E-state index contributed by atoms with van der Waals surface area (Å²) < 4.78 is 13.6. The number of benzene rings is 1. The molecule has 1 unspecified atom stereocenters. The van der Waals surface area contributed by atoms with Crippen LogP contribution in [0.4, 0.5) is 4.39 Å². The first-order chi connectivity index (χ1) is 7.56. The highest BCUT2D eigenvalue weighted by atomic mass is 35.5. The molecular formula is C12H18ClFN2. The van der Waals surface area contributed by atoms with Gasteiger partial charge in [-0.25, -0.2) is 4.39 Å². The lowest BCUT2D eigenvalue weighted by Gasteiger charge is -2.20. The van der Waals surface area contributed by atoms with Gasteiger partial charge in [-0.15, -0.1) is 0 Å². The smallest absolute Gasteiger partial charge is 0.146 e. The predicted octanol–water partition coefficient (Wildman–Crippen LogP) is 2.55. The van der Waals surface area contributed by atoms with Gasteiger partial charge in [-0.05, 0) is 12.0 Å². The van der Waals surface area contributed by atoms with Gasteiger partial charge in [-0.1, -0.05) is 37.6 Å². The van der Waals surface area contributed by atoms with E-state index >= 15 is 0 Å². The number of hydrogen-bond donors (Lipinski definition) is 2. The van der Waals surface area contributed by atoms with Gasteiger partial charge in [0.1, 0.15) is 5.82 Å². The maximum absolute atomic E-state index is 13.6. The second-order valence-corrected chi connectivity index (χ2v) is 4.59. The number of hydrogen-bond acceptors (Lipinski definition) is 2. The van der Waals surface area contributed by atoms with Crippen LogP contribution >= 0.6 is 11.6 Å². The Morgan fingerprint density at radius 1 is 1.44 bits per heavy atom. The highest BCUT2D eigenvalue weighted by Crippen LogP contribution is 2.17. The molecule has 0 aromatic heterocycles. The molecule has 1 aromatic rings. The van der Waals surface area contributed by atoms with Gasteiger partial charge in [0, 0.05) is 24.7 Å². The third-order valence-corrected chi connectivity index (χ3v) is 2.94. The molecule has 0 saturated heterocycles. The van der Waals surface area contributed by atoms with Crippen LogP contribution in [0.5, 0.6) is 0 Å². The molecule has 0 heterocycles. The lowest BCUT2D eigenvalue weighted by atomic mass is 10.0. The van der Waals surface area contributed by atoms with Crippen LogP contribution in [0.15, 0.2) is 18.2 Å². The fourth-order valence-electron chi connectivity index (χ4n) is 1.52. The van der Waals surface area contributed by atoms with E-state index < -0.39 is 0 Å². The van der Waals surface area contributed by atoms with Crippen molar-refractivity contribution in [3.8, 4) is 0 Å². The molecule has 16 heavy (non-hydrogen) atoms. The molecule has 4 heteroatoms. The molecule has 2 nitrogen and oxygen atoms in total. The van der Waals surface area contributed by atoms with E-state index in [0.29, 0.717) is 24.6 Å². The fraction of sp³-hybridized carbons (Fsp3) is 0.500. The molecule has 0 radical (unpaired) electrons. The number of nitrogens with two attached hydrogens (primary N) is 1. The largest absolute Gasteiger partial charge is 0.329 e. The average Bonchev–Trinajstić information content (AvgIpc) is 2.24. The topological polar surface area (TPSA) is 38.0 Å². The first kappa shape index (κ1) is 13.4. The molecule has 1 rings (SSSR count). The van der Waals surface area contributed by atoms with E-state index in [9.17, 15) is 4.39 Å². The lowest BCUT2D eigenvalue weighted by molar-refractivity contribution is 0.401. The van der Waals surface area contributed by atoms with Crippen molar-refractivity contribution in [3.05, 3.63) is 34.6 Å². The predicted molar refractivity (Wildman–Crippen MR) is 65.9 cm³/mol. The van der Waals surface area contributed by atoms with Crippen molar-refractivity contribution in [3.63, 3.8) is 0 Å². The third-order valence-electron chi connectivity index (χ3n) is 2.64. The van der Waals surface area contributed by atoms with Gasteiger partial charge in [0.15, 0.2) is 0 Å². The Bertz CT molecular complexity index is 342. The van der Waals surface area contributed by atoms with Crippen molar-refractivity contribution >= 4 is 11.6 Å². The maximum Gasteiger partial charge on any atom is 0.146 e. The molecule has 0 aliphatic carbocycles. The molecule has 0 aliphatic heterocycles. The van der Waals surface area contributed by atoms with Crippen LogP contribution in [-0.2, 0) is 6.54 Å². The maximum atomic E-state index is 13.6. The van der Waals surface area contributed by atoms with Crippen LogP contribution in [-0.4, -0.2) is 12.6 Å². The van der Waals surface area contributed by atoms with Gasteiger partial charge in [0.25, 0.3) is 0 Å². The molecule has 1 aromatic carbocycles. The summed E-state index contributed by atoms with van der Waals surface area (Å²) in [6.45, 7) is 5.16. The van der Waals surface area contributed by atoms with Crippen molar-refractivity contribution in [2.45, 2.75) is 26.4 Å². The molecule has 0 fully saturated rings. The van der Waals surface area contributed by atoms with Crippen LogP contribution in [0.25, 0.3) is 0 Å². The number of nitrogens with one attached hydrogen (secondary N) is 1. The summed E-state index contributed by atoms with van der Waals surface area (Å²) in [6, 6.07) is 5.21. The zero-order valence-corrected chi connectivity index (χ0v) is 10.4. The highest BCUT2D eigenvalue weighted by Gasteiger charge is 2.12. The minimum atomic E-state index is -0.351. The second kappa shape index (κ2) is 6.18. The van der Waals surface area contributed by atoms with Gasteiger partial charge in [-0.2, -0.15) is 0 Å². The Morgan fingerprint density at radius 2 is 2.12 bits per heavy atom. The van der Waals surface area contributed by atoms with Crippen molar-refractivity contribution in [1.82, 2.24) is 5.32 Å². The normalized spacial score (nSPS) is 13.1. The summed E-state index contributed by atoms with van der Waals surface area (Å²) in [7, 11) is 0. The zero-order valence-electron chi connectivity index (χ0n) is 9.63. The van der Waals surface area contributed by atoms with E-state index in [1.807, 2.05) is 0 Å². The average molecular weight is 245 g/mol. The summed E-state index contributed by atoms with van der Waals surface area (Å²) in [5.41, 5.74) is 6.20. The van der Waals surface area contributed by atoms with Crippen molar-refractivity contribution < 1.29 is 4.39 Å². The zero-order chi connectivity index (χ0) is 12.1. The van der Waals surface area contributed by atoms with E-state index in [1.54, 1.807) is 18.2 Å². The third kappa shape index (κ3) is 3.44. The summed E-state index contributed by atoms with van der Waals surface area (Å²) >= 11 is 5.70. The Hall–Kier alpha value is -0.640. The lowest BCUT2D eigenvalue weighted by Crippen LogP contribution is -2.39. The van der Waals surface area contributed by atoms with Crippen LogP contribution in [0.3, 0.4) is 0 Å². The Labute approximate surface area is 101 Å². The second-order valence-electron chi connectivity index (χ2n) is 4.18. The first-order valence-electron chi connectivity index (χ1n) is 5.42. The molecule has 0 saturated carbocycles. The van der Waals surface area contributed by atoms with Gasteiger partial charge < -0.3 is 11.1 Å². The van der Waals surface area contributed by atoms with Crippen LogP contribution in [0, 0.1) is 11.7 Å². The standard InChI is InChI=1S/C12H18ClFN2/c1-8(2)11(6-15)16-7-9-4-3-5-10(13)12(9)14/h3-5,8,11,16H,6-7,15H2,1-2H3. The SMILES string of the molecule is CC(C)C(CN)NCc1cccc(Cl)c1F. The molecule has 0 spiro atoms. The Kier molecular flexibility index (Phi) is 5.19. The molecule has 1 atom stereocenters. The molecule has 3 N–H and O–H groups in total. The highest BCUT2D eigenvalue weighted by molar-refractivity contribution is 6.30. The van der Waals surface area contributed by atoms with E-state index in [1.165, 1.54) is 0 Å². The molecule has 90 valence electrons. The Morgan fingerprint density at radius 3 is 2.69 bits per heavy atom. The van der Waals surface area contributed by atoms with Crippen LogP contribution < -0.4 is 11.1 Å². The van der Waals surface area contributed by atoms with E-state index in [-0.39, 0.29) is 16.9 Å². The van der Waals surface area contributed by atoms with Crippen molar-refractivity contribution in [2.24, 2.45) is 11.7 Å². The van der Waals surface area contributed by atoms with E-state index in [0.717, 1.165) is 0 Å². The Balaban J connectivity index is 2.64. The molecule has 0 bridgehead atoms. The van der Waals surface area contributed by atoms with E-state index in [4.69, 9.17) is 17.3 Å². The molecule has 0 amide bonds. The minimum Gasteiger partial charge on any atom is -0.329 e. The summed E-state index contributed by atoms with van der Waals surface area (Å²) in [5, 5.41) is 3.39. The van der Waals surface area contributed by atoms with Crippen molar-refractivity contribution in [2.75, 3.05) is 6.54 Å². The monoisotopic (exact) mass is 244 g/mol.